The molecule has 0 aliphatic carbocycles. The second-order valence-electron chi connectivity index (χ2n) is 5.27. The van der Waals surface area contributed by atoms with Crippen molar-refractivity contribution in [2.24, 2.45) is 0 Å². The van der Waals surface area contributed by atoms with Crippen LogP contribution in [0.5, 0.6) is 0 Å². The molecule has 1 heterocycles. The van der Waals surface area contributed by atoms with Gasteiger partial charge in [0.25, 0.3) is 0 Å². The lowest BCUT2D eigenvalue weighted by Crippen LogP contribution is -2.65. The van der Waals surface area contributed by atoms with Gasteiger partial charge < -0.3 is 14.4 Å². The van der Waals surface area contributed by atoms with E-state index in [1.807, 2.05) is 30.3 Å². The highest BCUT2D eigenvalue weighted by Gasteiger charge is 2.50. The first-order chi connectivity index (χ1) is 10.1. The Hall–Kier alpha value is -1.88. The molecule has 5 nitrogen and oxygen atoms in total. The van der Waals surface area contributed by atoms with Crippen LogP contribution >= 0.6 is 0 Å². The van der Waals surface area contributed by atoms with Crippen molar-refractivity contribution in [2.75, 3.05) is 19.8 Å². The second-order valence-corrected chi connectivity index (χ2v) is 5.27. The molecular weight excluding hydrogens is 270 g/mol. The maximum absolute atomic E-state index is 12.1. The van der Waals surface area contributed by atoms with Crippen LogP contribution in [0.4, 0.5) is 0 Å². The molecule has 1 aliphatic rings. The number of ether oxygens (including phenoxy) is 2. The van der Waals surface area contributed by atoms with Gasteiger partial charge in [-0.05, 0) is 25.8 Å². The van der Waals surface area contributed by atoms with Crippen molar-refractivity contribution >= 4 is 11.9 Å². The number of nitrogens with zero attached hydrogens (tertiary/aromatic N) is 1. The van der Waals surface area contributed by atoms with Gasteiger partial charge >= 0.3 is 5.97 Å². The third kappa shape index (κ3) is 3.42. The Bertz CT molecular complexity index is 502. The third-order valence-corrected chi connectivity index (χ3v) is 3.77. The number of esters is 1. The van der Waals surface area contributed by atoms with Gasteiger partial charge in [-0.3, -0.25) is 4.79 Å². The van der Waals surface area contributed by atoms with E-state index in [2.05, 4.69) is 0 Å². The van der Waals surface area contributed by atoms with E-state index in [0.717, 1.165) is 5.56 Å². The zero-order valence-electron chi connectivity index (χ0n) is 12.5. The Kier molecular flexibility index (Phi) is 4.96. The summed E-state index contributed by atoms with van der Waals surface area (Å²) in [6, 6.07) is 9.66. The summed E-state index contributed by atoms with van der Waals surface area (Å²) in [4.78, 5) is 25.6. The van der Waals surface area contributed by atoms with Gasteiger partial charge in [-0.2, -0.15) is 0 Å². The lowest BCUT2D eigenvalue weighted by atomic mass is 9.86. The summed E-state index contributed by atoms with van der Waals surface area (Å²) in [5, 5.41) is 0. The van der Waals surface area contributed by atoms with Crippen LogP contribution in [-0.4, -0.2) is 42.1 Å². The minimum absolute atomic E-state index is 0.0239. The minimum atomic E-state index is -0.830. The lowest BCUT2D eigenvalue weighted by Gasteiger charge is -2.48. The van der Waals surface area contributed by atoms with Crippen molar-refractivity contribution in [1.29, 1.82) is 0 Å². The highest BCUT2D eigenvalue weighted by Crippen LogP contribution is 2.31. The highest BCUT2D eigenvalue weighted by molar-refractivity contribution is 5.90. The van der Waals surface area contributed by atoms with E-state index in [9.17, 15) is 9.59 Å². The molecule has 0 saturated carbocycles. The van der Waals surface area contributed by atoms with E-state index in [1.165, 1.54) is 4.90 Å². The molecule has 1 unspecified atom stereocenters. The molecule has 114 valence electrons. The number of likely N-dealkylation sites (tertiary alicyclic amines) is 1. The van der Waals surface area contributed by atoms with E-state index in [-0.39, 0.29) is 18.5 Å². The molecule has 0 bridgehead atoms. The van der Waals surface area contributed by atoms with Crippen molar-refractivity contribution in [3.63, 3.8) is 0 Å². The summed E-state index contributed by atoms with van der Waals surface area (Å²) in [6.45, 7) is 4.75. The first kappa shape index (κ1) is 15.5. The molecule has 1 saturated heterocycles. The molecule has 0 N–H and O–H groups in total. The maximum atomic E-state index is 12.1. The van der Waals surface area contributed by atoms with E-state index in [0.29, 0.717) is 26.2 Å². The summed E-state index contributed by atoms with van der Waals surface area (Å²) in [7, 11) is 0. The van der Waals surface area contributed by atoms with Gasteiger partial charge in [-0.15, -0.1) is 0 Å². The number of carbonyl (C=O) groups is 2. The fourth-order valence-corrected chi connectivity index (χ4v) is 2.37. The molecule has 0 spiro atoms. The normalized spacial score (nSPS) is 20.8. The van der Waals surface area contributed by atoms with E-state index < -0.39 is 5.54 Å². The Morgan fingerprint density at radius 3 is 2.57 bits per heavy atom. The van der Waals surface area contributed by atoms with Crippen molar-refractivity contribution in [3.8, 4) is 0 Å². The molecule has 5 heteroatoms. The number of hydrogen-bond acceptors (Lipinski definition) is 4. The molecule has 1 aliphatic heterocycles. The van der Waals surface area contributed by atoms with Crippen molar-refractivity contribution in [1.82, 2.24) is 4.90 Å². The fourth-order valence-electron chi connectivity index (χ4n) is 2.37. The fraction of sp³-hybridized carbons (Fsp3) is 0.500. The van der Waals surface area contributed by atoms with Gasteiger partial charge in [0.15, 0.2) is 0 Å². The van der Waals surface area contributed by atoms with Gasteiger partial charge in [0.1, 0.15) is 12.1 Å². The van der Waals surface area contributed by atoms with Gasteiger partial charge in [0, 0.05) is 6.54 Å². The maximum Gasteiger partial charge on any atom is 0.331 e. The number of rotatable bonds is 6. The van der Waals surface area contributed by atoms with Gasteiger partial charge in [0.05, 0.1) is 13.2 Å². The standard InChI is InChI=1S/C16H21NO4/c1-3-21-15(19)16(2)9-10-17(16)14(18)12-20-11-13-7-5-4-6-8-13/h4-8H,3,9-12H2,1-2H3. The Morgan fingerprint density at radius 1 is 1.29 bits per heavy atom. The van der Waals surface area contributed by atoms with Crippen molar-refractivity contribution in [3.05, 3.63) is 35.9 Å². The molecule has 1 fully saturated rings. The predicted molar refractivity (Wildman–Crippen MR) is 77.5 cm³/mol. The van der Waals surface area contributed by atoms with E-state index in [4.69, 9.17) is 9.47 Å². The zero-order chi connectivity index (χ0) is 15.3. The second kappa shape index (κ2) is 6.72. The van der Waals surface area contributed by atoms with E-state index in [1.54, 1.807) is 13.8 Å². The summed E-state index contributed by atoms with van der Waals surface area (Å²) in [6.07, 6.45) is 0.635. The van der Waals surface area contributed by atoms with E-state index >= 15 is 0 Å². The van der Waals surface area contributed by atoms with Crippen LogP contribution in [0.25, 0.3) is 0 Å². The van der Waals surface area contributed by atoms with Crippen LogP contribution in [0.15, 0.2) is 30.3 Å². The highest BCUT2D eigenvalue weighted by atomic mass is 16.5. The molecule has 1 amide bonds. The molecule has 0 radical (unpaired) electrons. The lowest BCUT2D eigenvalue weighted by molar-refractivity contribution is -0.175. The Morgan fingerprint density at radius 2 is 2.00 bits per heavy atom. The summed E-state index contributed by atoms with van der Waals surface area (Å²) >= 11 is 0. The number of benzene rings is 1. The van der Waals surface area contributed by atoms with Gasteiger partial charge in [-0.1, -0.05) is 30.3 Å². The topological polar surface area (TPSA) is 55.8 Å². The largest absolute Gasteiger partial charge is 0.464 e. The molecule has 0 aromatic heterocycles. The zero-order valence-corrected chi connectivity index (χ0v) is 12.5. The first-order valence-electron chi connectivity index (χ1n) is 7.17. The first-order valence-corrected chi connectivity index (χ1v) is 7.17. The van der Waals surface area contributed by atoms with Gasteiger partial charge in [-0.25, -0.2) is 4.79 Å². The number of hydrogen-bond donors (Lipinski definition) is 0. The van der Waals surface area contributed by atoms with Crippen LogP contribution in [0.2, 0.25) is 0 Å². The van der Waals surface area contributed by atoms with Crippen LogP contribution in [0.3, 0.4) is 0 Å². The van der Waals surface area contributed by atoms with Crippen LogP contribution in [0.1, 0.15) is 25.8 Å². The predicted octanol–water partition coefficient (Wildman–Crippen LogP) is 1.76. The average molecular weight is 291 g/mol. The third-order valence-electron chi connectivity index (χ3n) is 3.77. The molecule has 2 rings (SSSR count). The number of carbonyl (C=O) groups excluding carboxylic acids is 2. The molecule has 21 heavy (non-hydrogen) atoms. The molecular formula is C16H21NO4. The monoisotopic (exact) mass is 291 g/mol. The molecule has 1 aromatic carbocycles. The van der Waals surface area contributed by atoms with Crippen molar-refractivity contribution < 1.29 is 19.1 Å². The van der Waals surface area contributed by atoms with Gasteiger partial charge in [0.2, 0.25) is 5.91 Å². The van der Waals surface area contributed by atoms with Crippen LogP contribution in [-0.2, 0) is 25.7 Å². The quantitative estimate of drug-likeness (QED) is 0.749. The average Bonchev–Trinajstić information content (AvgIpc) is 2.46. The molecule has 1 aromatic rings. The molecule has 1 atom stereocenters. The van der Waals surface area contributed by atoms with Crippen LogP contribution < -0.4 is 0 Å². The minimum Gasteiger partial charge on any atom is -0.464 e. The smallest absolute Gasteiger partial charge is 0.331 e. The summed E-state index contributed by atoms with van der Waals surface area (Å²) < 4.78 is 10.5. The van der Waals surface area contributed by atoms with Crippen molar-refractivity contribution in [2.45, 2.75) is 32.4 Å². The number of amides is 1. The summed E-state index contributed by atoms with van der Waals surface area (Å²) in [5.74, 6) is -0.514. The SMILES string of the molecule is CCOC(=O)C1(C)CCN1C(=O)COCc1ccccc1. The van der Waals surface area contributed by atoms with Crippen LogP contribution in [0, 0.1) is 0 Å². The Balaban J connectivity index is 1.82. The summed E-state index contributed by atoms with van der Waals surface area (Å²) in [5.41, 5.74) is 0.186. The Labute approximate surface area is 124 Å².